The molecule has 1 N–H and O–H groups in total. The van der Waals surface area contributed by atoms with E-state index in [2.05, 4.69) is 20.4 Å². The van der Waals surface area contributed by atoms with Gasteiger partial charge in [0, 0.05) is 24.7 Å². The molecule has 0 saturated carbocycles. The fraction of sp³-hybridized carbons (Fsp3) is 0.0455. The molecule has 0 fully saturated rings. The van der Waals surface area contributed by atoms with Crippen molar-refractivity contribution in [3.05, 3.63) is 107 Å². The summed E-state index contributed by atoms with van der Waals surface area (Å²) in [6, 6.07) is 14.7. The predicted octanol–water partition coefficient (Wildman–Crippen LogP) is 2.99. The Morgan fingerprint density at radius 2 is 1.77 bits per heavy atom. The zero-order valence-corrected chi connectivity index (χ0v) is 16.1. The summed E-state index contributed by atoms with van der Waals surface area (Å²) < 4.78 is 20.0. The minimum absolute atomic E-state index is 0.0188. The number of nitrogens with one attached hydrogen (secondary N) is 1. The maximum absolute atomic E-state index is 13.2. The number of hydrogen-bond acceptors (Lipinski definition) is 6. The fourth-order valence-electron chi connectivity index (χ4n) is 2.71. The molecule has 3 aromatic heterocycles. The average molecular weight is 417 g/mol. The summed E-state index contributed by atoms with van der Waals surface area (Å²) in [5.74, 6) is -0.439. The predicted molar refractivity (Wildman–Crippen MR) is 111 cm³/mol. The molecule has 3 heterocycles. The van der Waals surface area contributed by atoms with Gasteiger partial charge in [-0.1, -0.05) is 0 Å². The molecular weight excluding hydrogens is 401 g/mol. The maximum atomic E-state index is 13.2. The van der Waals surface area contributed by atoms with Crippen molar-refractivity contribution in [2.24, 2.45) is 0 Å². The van der Waals surface area contributed by atoms with Gasteiger partial charge in [0.05, 0.1) is 5.69 Å². The molecule has 0 aliphatic rings. The van der Waals surface area contributed by atoms with Gasteiger partial charge in [-0.05, 0) is 60.2 Å². The van der Waals surface area contributed by atoms with Crippen LogP contribution >= 0.6 is 0 Å². The van der Waals surface area contributed by atoms with E-state index in [1.54, 1.807) is 24.5 Å². The zero-order valence-electron chi connectivity index (χ0n) is 16.1. The van der Waals surface area contributed by atoms with Gasteiger partial charge in [0.1, 0.15) is 18.1 Å². The van der Waals surface area contributed by atoms with Crippen molar-refractivity contribution in [3.63, 3.8) is 0 Å². The Balaban J connectivity index is 1.54. The third-order valence-corrected chi connectivity index (χ3v) is 4.25. The molecule has 0 unspecified atom stereocenters. The first kappa shape index (κ1) is 19.9. The maximum Gasteiger partial charge on any atom is 0.277 e. The van der Waals surface area contributed by atoms with Gasteiger partial charge in [-0.2, -0.15) is 9.78 Å². The van der Waals surface area contributed by atoms with Gasteiger partial charge in [-0.3, -0.25) is 14.6 Å². The molecule has 0 aliphatic carbocycles. The molecule has 0 bridgehead atoms. The molecular formula is C22H16FN5O3. The Labute approximate surface area is 176 Å². The Kier molecular flexibility index (Phi) is 5.75. The molecule has 0 saturated heterocycles. The van der Waals surface area contributed by atoms with Gasteiger partial charge in [0.15, 0.2) is 11.6 Å². The number of ether oxygens (including phenoxy) is 1. The van der Waals surface area contributed by atoms with E-state index in [4.69, 9.17) is 4.74 Å². The molecule has 4 rings (SSSR count). The number of hydrogen-bond donors (Lipinski definition) is 1. The van der Waals surface area contributed by atoms with Crippen LogP contribution in [0.3, 0.4) is 0 Å². The van der Waals surface area contributed by atoms with Gasteiger partial charge in [0.25, 0.3) is 11.5 Å². The second-order valence-corrected chi connectivity index (χ2v) is 6.39. The summed E-state index contributed by atoms with van der Waals surface area (Å²) in [5.41, 5.74) is 0.765. The van der Waals surface area contributed by atoms with Gasteiger partial charge >= 0.3 is 0 Å². The molecule has 154 valence electrons. The van der Waals surface area contributed by atoms with Crippen LogP contribution in [0.2, 0.25) is 0 Å². The first-order chi connectivity index (χ1) is 15.1. The monoisotopic (exact) mass is 417 g/mol. The van der Waals surface area contributed by atoms with Crippen LogP contribution in [0.5, 0.6) is 5.75 Å². The van der Waals surface area contributed by atoms with E-state index in [1.165, 1.54) is 42.6 Å². The van der Waals surface area contributed by atoms with E-state index in [9.17, 15) is 14.0 Å². The molecule has 0 radical (unpaired) electrons. The quantitative estimate of drug-likeness (QED) is 0.518. The van der Waals surface area contributed by atoms with Gasteiger partial charge < -0.3 is 10.1 Å². The highest BCUT2D eigenvalue weighted by atomic mass is 19.1. The Bertz CT molecular complexity index is 1260. The topological polar surface area (TPSA) is 99.0 Å². The van der Waals surface area contributed by atoms with Crippen molar-refractivity contribution in [2.75, 3.05) is 5.32 Å². The van der Waals surface area contributed by atoms with Crippen LogP contribution < -0.4 is 15.6 Å². The lowest BCUT2D eigenvalue weighted by atomic mass is 10.3. The molecule has 1 aromatic carbocycles. The highest BCUT2D eigenvalue weighted by molar-refractivity contribution is 6.02. The van der Waals surface area contributed by atoms with E-state index in [0.717, 1.165) is 10.2 Å². The summed E-state index contributed by atoms with van der Waals surface area (Å²) in [4.78, 5) is 33.0. The molecule has 0 aliphatic heterocycles. The minimum atomic E-state index is -0.580. The molecule has 8 nitrogen and oxygen atoms in total. The lowest BCUT2D eigenvalue weighted by Crippen LogP contribution is -2.25. The van der Waals surface area contributed by atoms with Gasteiger partial charge in [-0.25, -0.2) is 9.37 Å². The summed E-state index contributed by atoms with van der Waals surface area (Å²) >= 11 is 0. The Morgan fingerprint density at radius 1 is 1.00 bits per heavy atom. The summed E-state index contributed by atoms with van der Waals surface area (Å²) in [5, 5.41) is 6.73. The largest absolute Gasteiger partial charge is 0.485 e. The Morgan fingerprint density at radius 3 is 2.55 bits per heavy atom. The van der Waals surface area contributed by atoms with Crippen LogP contribution in [0.15, 0.2) is 84.0 Å². The lowest BCUT2D eigenvalue weighted by Gasteiger charge is -2.12. The molecule has 0 spiro atoms. The summed E-state index contributed by atoms with van der Waals surface area (Å²) in [6.45, 7) is 0.269. The molecule has 1 amide bonds. The smallest absolute Gasteiger partial charge is 0.277 e. The number of anilines is 1. The average Bonchev–Trinajstić information content (AvgIpc) is 2.80. The highest BCUT2D eigenvalue weighted by Crippen LogP contribution is 2.22. The van der Waals surface area contributed by atoms with Crippen molar-refractivity contribution in [1.82, 2.24) is 19.7 Å². The van der Waals surface area contributed by atoms with Crippen molar-refractivity contribution in [2.45, 2.75) is 6.61 Å². The molecule has 9 heteroatoms. The van der Waals surface area contributed by atoms with Crippen LogP contribution in [-0.4, -0.2) is 25.7 Å². The number of rotatable bonds is 6. The van der Waals surface area contributed by atoms with Crippen LogP contribution in [0.1, 0.15) is 16.1 Å². The molecule has 31 heavy (non-hydrogen) atoms. The van der Waals surface area contributed by atoms with E-state index < -0.39 is 17.3 Å². The van der Waals surface area contributed by atoms with Crippen molar-refractivity contribution >= 4 is 11.7 Å². The van der Waals surface area contributed by atoms with Crippen LogP contribution in [0.4, 0.5) is 10.2 Å². The zero-order chi connectivity index (χ0) is 21.6. The number of aromatic nitrogens is 4. The first-order valence-electron chi connectivity index (χ1n) is 9.24. The van der Waals surface area contributed by atoms with E-state index in [0.29, 0.717) is 11.4 Å². The number of benzene rings is 1. The summed E-state index contributed by atoms with van der Waals surface area (Å²) in [6.07, 6.45) is 4.83. The third kappa shape index (κ3) is 4.78. The number of nitrogens with zero attached hydrogens (tertiary/aromatic N) is 4. The number of carbonyl (C=O) groups excluding carboxylic acids is 1. The van der Waals surface area contributed by atoms with E-state index in [1.807, 2.05) is 12.1 Å². The minimum Gasteiger partial charge on any atom is -0.485 e. The van der Waals surface area contributed by atoms with Crippen molar-refractivity contribution in [3.8, 4) is 11.4 Å². The van der Waals surface area contributed by atoms with E-state index in [-0.39, 0.29) is 18.1 Å². The van der Waals surface area contributed by atoms with E-state index >= 15 is 0 Å². The second kappa shape index (κ2) is 8.95. The normalized spacial score (nSPS) is 10.5. The number of carbonyl (C=O) groups is 1. The van der Waals surface area contributed by atoms with Crippen molar-refractivity contribution in [1.29, 1.82) is 0 Å². The number of halogens is 1. The van der Waals surface area contributed by atoms with Crippen LogP contribution in [-0.2, 0) is 6.61 Å². The van der Waals surface area contributed by atoms with Gasteiger partial charge in [0.2, 0.25) is 0 Å². The highest BCUT2D eigenvalue weighted by Gasteiger charge is 2.14. The van der Waals surface area contributed by atoms with Crippen LogP contribution in [0.25, 0.3) is 5.69 Å². The van der Waals surface area contributed by atoms with Gasteiger partial charge in [-0.15, -0.1) is 0 Å². The molecule has 0 atom stereocenters. The SMILES string of the molecule is O=C(Nc1ncccc1OCc1ccncc1)c1ccc(=O)n(-c2ccc(F)cc2)n1. The van der Waals surface area contributed by atoms with Crippen molar-refractivity contribution < 1.29 is 13.9 Å². The molecule has 4 aromatic rings. The second-order valence-electron chi connectivity index (χ2n) is 6.39. The first-order valence-corrected chi connectivity index (χ1v) is 9.24. The number of pyridine rings is 2. The Hall–Kier alpha value is -4.40. The lowest BCUT2D eigenvalue weighted by molar-refractivity contribution is 0.101. The summed E-state index contributed by atoms with van der Waals surface area (Å²) in [7, 11) is 0. The van der Waals surface area contributed by atoms with Crippen LogP contribution in [0, 0.1) is 5.82 Å². The fourth-order valence-corrected chi connectivity index (χ4v) is 2.71. The number of amides is 1. The standard InChI is InChI=1S/C22H16FN5O3/c23-16-3-5-17(6-4-16)28-20(29)8-7-18(27-28)22(30)26-21-19(2-1-11-25-21)31-14-15-9-12-24-13-10-15/h1-13H,14H2,(H,25,26,30). The third-order valence-electron chi connectivity index (χ3n) is 4.25.